The van der Waals surface area contributed by atoms with Gasteiger partial charge in [-0.15, -0.1) is 0 Å². The standard InChI is InChI=1S/C12H8ClFN4O2/c1-18-10-7(5-15-18)11(19)17-12(16-10)20-9-3-2-6(14)4-8(9)13/h2-5H,1H3,(H,16,17,19). The van der Waals surface area contributed by atoms with Crippen LogP contribution in [0.15, 0.2) is 29.2 Å². The zero-order valence-corrected chi connectivity index (χ0v) is 11.0. The minimum absolute atomic E-state index is 0.0420. The molecule has 2 aromatic heterocycles. The van der Waals surface area contributed by atoms with Crippen molar-refractivity contribution in [1.82, 2.24) is 19.7 Å². The molecule has 3 rings (SSSR count). The van der Waals surface area contributed by atoms with E-state index in [0.717, 1.165) is 6.07 Å². The molecule has 0 amide bonds. The molecule has 0 fully saturated rings. The van der Waals surface area contributed by atoms with E-state index in [9.17, 15) is 9.18 Å². The molecule has 6 nitrogen and oxygen atoms in total. The van der Waals surface area contributed by atoms with Crippen LogP contribution in [0.4, 0.5) is 4.39 Å². The largest absolute Gasteiger partial charge is 0.424 e. The molecule has 20 heavy (non-hydrogen) atoms. The van der Waals surface area contributed by atoms with E-state index in [4.69, 9.17) is 16.3 Å². The van der Waals surface area contributed by atoms with Crippen molar-refractivity contribution < 1.29 is 9.13 Å². The van der Waals surface area contributed by atoms with Gasteiger partial charge in [0.15, 0.2) is 5.65 Å². The molecule has 0 atom stereocenters. The Morgan fingerprint density at radius 2 is 2.25 bits per heavy atom. The van der Waals surface area contributed by atoms with Crippen molar-refractivity contribution in [3.8, 4) is 11.8 Å². The Kier molecular flexibility index (Phi) is 2.90. The summed E-state index contributed by atoms with van der Waals surface area (Å²) in [6.07, 6.45) is 1.41. The second-order valence-corrected chi connectivity index (χ2v) is 4.46. The number of halogens is 2. The Labute approximate surface area is 116 Å². The van der Waals surface area contributed by atoms with Gasteiger partial charge in [-0.3, -0.25) is 14.5 Å². The van der Waals surface area contributed by atoms with Crippen LogP contribution in [0.1, 0.15) is 0 Å². The topological polar surface area (TPSA) is 72.8 Å². The van der Waals surface area contributed by atoms with E-state index < -0.39 is 5.82 Å². The third-order valence-electron chi connectivity index (χ3n) is 2.68. The maximum atomic E-state index is 12.9. The Balaban J connectivity index is 2.06. The van der Waals surface area contributed by atoms with Gasteiger partial charge in [0, 0.05) is 7.05 Å². The second-order valence-electron chi connectivity index (χ2n) is 4.05. The van der Waals surface area contributed by atoms with Gasteiger partial charge in [-0.05, 0) is 18.2 Å². The van der Waals surface area contributed by atoms with Gasteiger partial charge in [-0.2, -0.15) is 10.1 Å². The van der Waals surface area contributed by atoms with E-state index in [1.165, 1.54) is 23.0 Å². The highest BCUT2D eigenvalue weighted by Crippen LogP contribution is 2.28. The first kappa shape index (κ1) is 12.6. The van der Waals surface area contributed by atoms with Crippen molar-refractivity contribution in [2.24, 2.45) is 7.05 Å². The lowest BCUT2D eigenvalue weighted by Gasteiger charge is -2.06. The fourth-order valence-corrected chi connectivity index (χ4v) is 1.93. The van der Waals surface area contributed by atoms with Gasteiger partial charge in [0.05, 0.1) is 11.2 Å². The lowest BCUT2D eigenvalue weighted by atomic mass is 10.3. The van der Waals surface area contributed by atoms with Crippen molar-refractivity contribution in [1.29, 1.82) is 0 Å². The molecular weight excluding hydrogens is 287 g/mol. The van der Waals surface area contributed by atoms with Gasteiger partial charge in [-0.25, -0.2) is 4.39 Å². The molecule has 102 valence electrons. The molecule has 0 bridgehead atoms. The molecule has 1 aromatic carbocycles. The summed E-state index contributed by atoms with van der Waals surface area (Å²) in [6, 6.07) is 3.62. The van der Waals surface area contributed by atoms with E-state index >= 15 is 0 Å². The highest BCUT2D eigenvalue weighted by molar-refractivity contribution is 6.32. The van der Waals surface area contributed by atoms with E-state index in [2.05, 4.69) is 15.1 Å². The van der Waals surface area contributed by atoms with Crippen molar-refractivity contribution in [2.75, 3.05) is 0 Å². The first-order chi connectivity index (χ1) is 9.54. The number of ether oxygens (including phenoxy) is 1. The van der Waals surface area contributed by atoms with Crippen molar-refractivity contribution in [3.63, 3.8) is 0 Å². The summed E-state index contributed by atoms with van der Waals surface area (Å²) in [5, 5.41) is 4.37. The number of fused-ring (bicyclic) bond motifs is 1. The zero-order valence-electron chi connectivity index (χ0n) is 10.2. The van der Waals surface area contributed by atoms with Crippen LogP contribution in [0.3, 0.4) is 0 Å². The van der Waals surface area contributed by atoms with E-state index in [0.29, 0.717) is 11.0 Å². The molecular formula is C12H8ClFN4O2. The number of aryl methyl sites for hydroxylation is 1. The fourth-order valence-electron chi connectivity index (χ4n) is 1.72. The molecule has 0 aliphatic heterocycles. The lowest BCUT2D eigenvalue weighted by Crippen LogP contribution is -2.09. The number of hydrogen-bond acceptors (Lipinski definition) is 4. The monoisotopic (exact) mass is 294 g/mol. The van der Waals surface area contributed by atoms with Crippen molar-refractivity contribution in [2.45, 2.75) is 0 Å². The number of nitrogens with one attached hydrogen (secondary N) is 1. The normalized spacial score (nSPS) is 10.9. The predicted octanol–water partition coefficient (Wildman–Crippen LogP) is 2.24. The van der Waals surface area contributed by atoms with Gasteiger partial charge in [-0.1, -0.05) is 11.6 Å². The maximum Gasteiger partial charge on any atom is 0.304 e. The molecule has 1 N–H and O–H groups in total. The fraction of sp³-hybridized carbons (Fsp3) is 0.0833. The highest BCUT2D eigenvalue weighted by Gasteiger charge is 2.11. The van der Waals surface area contributed by atoms with Crippen LogP contribution < -0.4 is 10.3 Å². The summed E-state index contributed by atoms with van der Waals surface area (Å²) in [4.78, 5) is 18.4. The first-order valence-corrected chi connectivity index (χ1v) is 5.97. The number of aromatic nitrogens is 4. The number of benzene rings is 1. The van der Waals surface area contributed by atoms with E-state index in [-0.39, 0.29) is 22.3 Å². The summed E-state index contributed by atoms with van der Waals surface area (Å²) >= 11 is 5.85. The number of nitrogens with zero attached hydrogens (tertiary/aromatic N) is 3. The van der Waals surface area contributed by atoms with Crippen LogP contribution in [0, 0.1) is 5.82 Å². The average molecular weight is 295 g/mol. The Morgan fingerprint density at radius 3 is 3.00 bits per heavy atom. The van der Waals surface area contributed by atoms with Crippen LogP contribution in [0.2, 0.25) is 5.02 Å². The van der Waals surface area contributed by atoms with Gasteiger partial charge < -0.3 is 4.74 Å². The summed E-state index contributed by atoms with van der Waals surface area (Å²) in [7, 11) is 1.66. The lowest BCUT2D eigenvalue weighted by molar-refractivity contribution is 0.440. The molecule has 0 unspecified atom stereocenters. The highest BCUT2D eigenvalue weighted by atomic mass is 35.5. The summed E-state index contributed by atoms with van der Waals surface area (Å²) in [5.74, 6) is -0.288. The van der Waals surface area contributed by atoms with Gasteiger partial charge in [0.25, 0.3) is 5.56 Å². The van der Waals surface area contributed by atoms with Crippen molar-refractivity contribution >= 4 is 22.6 Å². The number of aromatic amines is 1. The molecule has 0 spiro atoms. The number of H-pyrrole nitrogens is 1. The molecule has 0 radical (unpaired) electrons. The third-order valence-corrected chi connectivity index (χ3v) is 2.98. The summed E-state index contributed by atoms with van der Waals surface area (Å²) in [6.45, 7) is 0. The number of hydrogen-bond donors (Lipinski definition) is 1. The Hall–Kier alpha value is -2.41. The Morgan fingerprint density at radius 1 is 1.45 bits per heavy atom. The average Bonchev–Trinajstić information content (AvgIpc) is 2.76. The van der Waals surface area contributed by atoms with Gasteiger partial charge in [0.1, 0.15) is 17.0 Å². The molecule has 2 heterocycles. The predicted molar refractivity (Wildman–Crippen MR) is 70.6 cm³/mol. The minimum atomic E-state index is -0.481. The third kappa shape index (κ3) is 2.12. The van der Waals surface area contributed by atoms with Gasteiger partial charge in [0.2, 0.25) is 0 Å². The summed E-state index contributed by atoms with van der Waals surface area (Å²) < 4.78 is 19.8. The SMILES string of the molecule is Cn1ncc2c(=O)[nH]c(Oc3ccc(F)cc3Cl)nc21. The van der Waals surface area contributed by atoms with Gasteiger partial charge >= 0.3 is 6.01 Å². The van der Waals surface area contributed by atoms with Crippen LogP contribution in [0.5, 0.6) is 11.8 Å². The second kappa shape index (κ2) is 4.61. The van der Waals surface area contributed by atoms with Crippen molar-refractivity contribution in [3.05, 3.63) is 45.6 Å². The molecule has 3 aromatic rings. The zero-order chi connectivity index (χ0) is 14.3. The van der Waals surface area contributed by atoms with E-state index in [1.807, 2.05) is 0 Å². The smallest absolute Gasteiger partial charge is 0.304 e. The molecule has 0 saturated carbocycles. The molecule has 0 aliphatic carbocycles. The number of rotatable bonds is 2. The molecule has 0 saturated heterocycles. The van der Waals surface area contributed by atoms with E-state index in [1.54, 1.807) is 7.05 Å². The van der Waals surface area contributed by atoms with Crippen LogP contribution in [-0.2, 0) is 7.05 Å². The molecule has 0 aliphatic rings. The quantitative estimate of drug-likeness (QED) is 0.787. The first-order valence-electron chi connectivity index (χ1n) is 5.59. The maximum absolute atomic E-state index is 12.9. The van der Waals surface area contributed by atoms with Crippen LogP contribution >= 0.6 is 11.6 Å². The van der Waals surface area contributed by atoms with Crippen LogP contribution in [-0.4, -0.2) is 19.7 Å². The van der Waals surface area contributed by atoms with Crippen LogP contribution in [0.25, 0.3) is 11.0 Å². The molecule has 8 heteroatoms. The summed E-state index contributed by atoms with van der Waals surface area (Å²) in [5.41, 5.74) is -0.00156. The Bertz CT molecular complexity index is 858. The minimum Gasteiger partial charge on any atom is -0.424 e.